The Morgan fingerprint density at radius 3 is 2.58 bits per heavy atom. The van der Waals surface area contributed by atoms with Gasteiger partial charge in [0.2, 0.25) is 0 Å². The number of fused-ring (bicyclic) bond motifs is 2. The molecule has 3 aromatic rings. The molecule has 0 fully saturated rings. The van der Waals surface area contributed by atoms with Gasteiger partial charge in [0.1, 0.15) is 10.7 Å². The molecule has 1 amide bonds. The maximum atomic E-state index is 13.2. The van der Waals surface area contributed by atoms with Crippen LogP contribution in [0.3, 0.4) is 0 Å². The molecule has 9 heteroatoms. The number of aromatic nitrogens is 2. The summed E-state index contributed by atoms with van der Waals surface area (Å²) >= 11 is 0. The SMILES string of the molecule is O=C1c2ccccc2S(=O)(=O)N1CCn1cnc2cc(F)ccc2c1=O. The van der Waals surface area contributed by atoms with E-state index in [0.717, 1.165) is 16.4 Å². The van der Waals surface area contributed by atoms with E-state index < -0.39 is 27.3 Å². The van der Waals surface area contributed by atoms with Crippen LogP contribution < -0.4 is 5.56 Å². The average molecular weight is 373 g/mol. The Balaban J connectivity index is 1.65. The zero-order chi connectivity index (χ0) is 18.5. The highest BCUT2D eigenvalue weighted by atomic mass is 32.2. The van der Waals surface area contributed by atoms with Crippen LogP contribution in [0.5, 0.6) is 0 Å². The van der Waals surface area contributed by atoms with E-state index >= 15 is 0 Å². The Hall–Kier alpha value is -3.07. The van der Waals surface area contributed by atoms with Crippen molar-refractivity contribution in [2.24, 2.45) is 0 Å². The number of halogens is 1. The molecule has 0 unspecified atom stereocenters. The molecule has 0 N–H and O–H groups in total. The molecule has 0 saturated heterocycles. The molecule has 0 saturated carbocycles. The van der Waals surface area contributed by atoms with Crippen LogP contribution in [0.4, 0.5) is 4.39 Å². The highest BCUT2D eigenvalue weighted by Crippen LogP contribution is 2.29. The molecule has 0 bridgehead atoms. The van der Waals surface area contributed by atoms with Gasteiger partial charge in [-0.1, -0.05) is 12.1 Å². The summed E-state index contributed by atoms with van der Waals surface area (Å²) in [7, 11) is -3.93. The van der Waals surface area contributed by atoms with E-state index in [-0.39, 0.29) is 34.5 Å². The fourth-order valence-electron chi connectivity index (χ4n) is 2.94. The summed E-state index contributed by atoms with van der Waals surface area (Å²) in [5, 5.41) is 0.216. The largest absolute Gasteiger partial charge is 0.297 e. The molecule has 1 aliphatic heterocycles. The molecule has 1 aliphatic rings. The van der Waals surface area contributed by atoms with Crippen molar-refractivity contribution in [3.8, 4) is 0 Å². The zero-order valence-electron chi connectivity index (χ0n) is 13.3. The van der Waals surface area contributed by atoms with Crippen molar-refractivity contribution in [1.82, 2.24) is 13.9 Å². The van der Waals surface area contributed by atoms with Gasteiger partial charge in [-0.25, -0.2) is 22.1 Å². The van der Waals surface area contributed by atoms with Crippen LogP contribution in [0, 0.1) is 5.82 Å². The third-order valence-corrected chi connectivity index (χ3v) is 6.08. The maximum Gasteiger partial charge on any atom is 0.269 e. The average Bonchev–Trinajstić information content (AvgIpc) is 2.81. The molecular weight excluding hydrogens is 361 g/mol. The minimum absolute atomic E-state index is 0.0375. The summed E-state index contributed by atoms with van der Waals surface area (Å²) in [6.07, 6.45) is 1.21. The Bertz CT molecular complexity index is 1220. The molecule has 0 atom stereocenters. The van der Waals surface area contributed by atoms with E-state index in [1.54, 1.807) is 12.1 Å². The summed E-state index contributed by atoms with van der Waals surface area (Å²) in [4.78, 5) is 28.8. The monoisotopic (exact) mass is 373 g/mol. The predicted molar refractivity (Wildman–Crippen MR) is 90.6 cm³/mol. The second-order valence-corrected chi connectivity index (χ2v) is 7.61. The van der Waals surface area contributed by atoms with Crippen LogP contribution in [0.15, 0.2) is 58.5 Å². The van der Waals surface area contributed by atoms with Gasteiger partial charge >= 0.3 is 0 Å². The molecule has 0 aliphatic carbocycles. The number of rotatable bonds is 3. The second-order valence-electron chi connectivity index (χ2n) is 5.78. The van der Waals surface area contributed by atoms with Gasteiger partial charge in [-0.05, 0) is 24.3 Å². The van der Waals surface area contributed by atoms with Crippen molar-refractivity contribution in [3.05, 3.63) is 70.5 Å². The summed E-state index contributed by atoms with van der Waals surface area (Å²) < 4.78 is 40.2. The standard InChI is InChI=1S/C17H12FN3O4S/c18-11-5-6-12-14(9-11)19-10-20(16(12)22)7-8-21-17(23)13-3-1-2-4-15(13)26(21,24)25/h1-6,9-10H,7-8H2. The minimum atomic E-state index is -3.93. The van der Waals surface area contributed by atoms with E-state index in [1.807, 2.05) is 0 Å². The summed E-state index contributed by atoms with van der Waals surface area (Å²) in [6, 6.07) is 9.59. The van der Waals surface area contributed by atoms with Gasteiger partial charge in [0.15, 0.2) is 0 Å². The summed E-state index contributed by atoms with van der Waals surface area (Å²) in [6.45, 7) is -0.262. The number of hydrogen-bond acceptors (Lipinski definition) is 5. The lowest BCUT2D eigenvalue weighted by Gasteiger charge is -2.15. The van der Waals surface area contributed by atoms with Crippen molar-refractivity contribution in [3.63, 3.8) is 0 Å². The molecule has 0 spiro atoms. The van der Waals surface area contributed by atoms with Crippen molar-refractivity contribution >= 4 is 26.8 Å². The van der Waals surface area contributed by atoms with Crippen LogP contribution in [0.25, 0.3) is 10.9 Å². The molecule has 26 heavy (non-hydrogen) atoms. The smallest absolute Gasteiger partial charge is 0.269 e. The number of carbonyl (C=O) groups is 1. The lowest BCUT2D eigenvalue weighted by molar-refractivity contribution is 0.0868. The molecular formula is C17H12FN3O4S. The lowest BCUT2D eigenvalue weighted by Crippen LogP contribution is -2.35. The van der Waals surface area contributed by atoms with Crippen LogP contribution in [-0.2, 0) is 16.6 Å². The normalized spacial score (nSPS) is 15.4. The first kappa shape index (κ1) is 16.4. The maximum absolute atomic E-state index is 13.2. The molecule has 7 nitrogen and oxygen atoms in total. The fraction of sp³-hybridized carbons (Fsp3) is 0.118. The molecule has 0 radical (unpaired) electrons. The number of nitrogens with zero attached hydrogens (tertiary/aromatic N) is 3. The fourth-order valence-corrected chi connectivity index (χ4v) is 4.50. The molecule has 2 aromatic carbocycles. The molecule has 4 rings (SSSR count). The van der Waals surface area contributed by atoms with Gasteiger partial charge < -0.3 is 0 Å². The molecule has 2 heterocycles. The van der Waals surface area contributed by atoms with Crippen LogP contribution in [0.1, 0.15) is 10.4 Å². The third kappa shape index (κ3) is 2.39. The molecule has 1 aromatic heterocycles. The molecule has 132 valence electrons. The van der Waals surface area contributed by atoms with Crippen molar-refractivity contribution in [1.29, 1.82) is 0 Å². The Labute approximate surface area is 147 Å². The van der Waals surface area contributed by atoms with E-state index in [9.17, 15) is 22.4 Å². The summed E-state index contributed by atoms with van der Waals surface area (Å²) in [5.41, 5.74) is -0.105. The van der Waals surface area contributed by atoms with E-state index in [1.165, 1.54) is 29.1 Å². The topological polar surface area (TPSA) is 89.3 Å². The highest BCUT2D eigenvalue weighted by molar-refractivity contribution is 7.90. The van der Waals surface area contributed by atoms with E-state index in [0.29, 0.717) is 0 Å². The number of hydrogen-bond donors (Lipinski definition) is 0. The van der Waals surface area contributed by atoms with Gasteiger partial charge in [0.05, 0.1) is 29.3 Å². The predicted octanol–water partition coefficient (Wildman–Crippen LogP) is 1.38. The third-order valence-electron chi connectivity index (χ3n) is 4.24. The minimum Gasteiger partial charge on any atom is -0.297 e. The van der Waals surface area contributed by atoms with Crippen LogP contribution in [0.2, 0.25) is 0 Å². The zero-order valence-corrected chi connectivity index (χ0v) is 14.1. The highest BCUT2D eigenvalue weighted by Gasteiger charge is 2.40. The number of amides is 1. The number of sulfonamides is 1. The Morgan fingerprint density at radius 2 is 1.81 bits per heavy atom. The number of carbonyl (C=O) groups excluding carboxylic acids is 1. The second kappa shape index (κ2) is 5.73. The first-order valence-electron chi connectivity index (χ1n) is 7.70. The lowest BCUT2D eigenvalue weighted by atomic mass is 10.2. The number of benzene rings is 2. The van der Waals surface area contributed by atoms with Crippen molar-refractivity contribution in [2.75, 3.05) is 6.54 Å². The van der Waals surface area contributed by atoms with Crippen molar-refractivity contribution < 1.29 is 17.6 Å². The first-order chi connectivity index (χ1) is 12.4. The van der Waals surface area contributed by atoms with E-state index in [2.05, 4.69) is 4.98 Å². The Morgan fingerprint density at radius 1 is 1.04 bits per heavy atom. The van der Waals surface area contributed by atoms with Gasteiger partial charge in [0, 0.05) is 12.6 Å². The van der Waals surface area contributed by atoms with Crippen molar-refractivity contribution in [2.45, 2.75) is 11.4 Å². The first-order valence-corrected chi connectivity index (χ1v) is 9.14. The van der Waals surface area contributed by atoms with Gasteiger partial charge in [-0.15, -0.1) is 0 Å². The van der Waals surface area contributed by atoms with E-state index in [4.69, 9.17) is 0 Å². The van der Waals surface area contributed by atoms with Crippen LogP contribution in [-0.4, -0.2) is 34.7 Å². The quantitative estimate of drug-likeness (QED) is 0.692. The van der Waals surface area contributed by atoms with Crippen LogP contribution >= 0.6 is 0 Å². The van der Waals surface area contributed by atoms with Gasteiger partial charge in [0.25, 0.3) is 21.5 Å². The van der Waals surface area contributed by atoms with Gasteiger partial charge in [-0.3, -0.25) is 14.2 Å². The van der Waals surface area contributed by atoms with Gasteiger partial charge in [-0.2, -0.15) is 0 Å². The Kier molecular flexibility index (Phi) is 3.62. The summed E-state index contributed by atoms with van der Waals surface area (Å²) in [5.74, 6) is -1.13.